The van der Waals surface area contributed by atoms with E-state index in [1.165, 1.54) is 26.2 Å². The van der Waals surface area contributed by atoms with E-state index in [2.05, 4.69) is 5.32 Å². The molecule has 30 heavy (non-hydrogen) atoms. The number of carbonyl (C=O) groups is 1. The van der Waals surface area contributed by atoms with E-state index in [4.69, 9.17) is 16.3 Å². The van der Waals surface area contributed by atoms with Crippen molar-refractivity contribution >= 4 is 33.2 Å². The van der Waals surface area contributed by atoms with Crippen molar-refractivity contribution in [3.8, 4) is 11.5 Å². The third kappa shape index (κ3) is 4.64. The summed E-state index contributed by atoms with van der Waals surface area (Å²) in [6.45, 7) is 1.74. The van der Waals surface area contributed by atoms with Crippen molar-refractivity contribution in [2.24, 2.45) is 0 Å². The Kier molecular flexibility index (Phi) is 6.45. The number of rotatable bonds is 6. The summed E-state index contributed by atoms with van der Waals surface area (Å²) in [7, 11) is -0.779. The summed E-state index contributed by atoms with van der Waals surface area (Å²) in [5.41, 5.74) is 1.34. The molecule has 0 aromatic heterocycles. The van der Waals surface area contributed by atoms with E-state index in [0.717, 1.165) is 4.31 Å². The van der Waals surface area contributed by atoms with Gasteiger partial charge in [-0.3, -0.25) is 4.79 Å². The largest absolute Gasteiger partial charge is 0.454 e. The molecule has 8 heteroatoms. The first-order valence-electron chi connectivity index (χ1n) is 9.06. The molecule has 0 bridgehead atoms. The van der Waals surface area contributed by atoms with Crippen LogP contribution in [-0.2, 0) is 10.0 Å². The number of ether oxygens (including phenoxy) is 1. The lowest BCUT2D eigenvalue weighted by atomic mass is 10.1. The number of benzene rings is 3. The van der Waals surface area contributed by atoms with Gasteiger partial charge in [0.15, 0.2) is 5.75 Å². The first kappa shape index (κ1) is 21.8. The van der Waals surface area contributed by atoms with E-state index in [1.54, 1.807) is 61.5 Å². The smallest absolute Gasteiger partial charge is 0.256 e. The Bertz CT molecular complexity index is 1190. The number of anilines is 1. The van der Waals surface area contributed by atoms with Gasteiger partial charge in [0.25, 0.3) is 5.91 Å². The third-order valence-corrected chi connectivity index (χ3v) is 6.55. The first-order valence-corrected chi connectivity index (χ1v) is 10.9. The average Bonchev–Trinajstić information content (AvgIpc) is 2.71. The summed E-state index contributed by atoms with van der Waals surface area (Å²) in [4.78, 5) is 13.0. The minimum Gasteiger partial charge on any atom is -0.454 e. The molecule has 0 aliphatic rings. The van der Waals surface area contributed by atoms with Gasteiger partial charge in [-0.25, -0.2) is 12.7 Å². The van der Waals surface area contributed by atoms with Gasteiger partial charge < -0.3 is 10.1 Å². The standard InChI is InChI=1S/C22H21ClN2O4S/c1-15-12-13-16(30(27,28)25(2)3)14-17(15)22(26)24-19-9-5-7-11-21(19)29-20-10-6-4-8-18(20)23/h4-14H,1-3H3,(H,24,26). The maximum absolute atomic E-state index is 13.0. The molecule has 0 fully saturated rings. The number of hydrogen-bond acceptors (Lipinski definition) is 4. The van der Waals surface area contributed by atoms with Gasteiger partial charge in [-0.05, 0) is 48.9 Å². The first-order chi connectivity index (χ1) is 14.2. The van der Waals surface area contributed by atoms with Crippen LogP contribution in [0.4, 0.5) is 5.69 Å². The van der Waals surface area contributed by atoms with Crippen LogP contribution >= 0.6 is 11.6 Å². The van der Waals surface area contributed by atoms with Crippen LogP contribution < -0.4 is 10.1 Å². The van der Waals surface area contributed by atoms with Crippen molar-refractivity contribution in [3.63, 3.8) is 0 Å². The maximum Gasteiger partial charge on any atom is 0.256 e. The molecule has 3 aromatic carbocycles. The number of nitrogens with zero attached hydrogens (tertiary/aromatic N) is 1. The van der Waals surface area contributed by atoms with Crippen molar-refractivity contribution in [3.05, 3.63) is 82.9 Å². The summed E-state index contributed by atoms with van der Waals surface area (Å²) in [6.07, 6.45) is 0. The van der Waals surface area contributed by atoms with Crippen LogP contribution in [0, 0.1) is 6.92 Å². The highest BCUT2D eigenvalue weighted by Crippen LogP contribution is 2.33. The highest BCUT2D eigenvalue weighted by molar-refractivity contribution is 7.89. The van der Waals surface area contributed by atoms with E-state index in [-0.39, 0.29) is 10.5 Å². The molecule has 6 nitrogen and oxygen atoms in total. The third-order valence-electron chi connectivity index (χ3n) is 4.42. The summed E-state index contributed by atoms with van der Waals surface area (Å²) in [5, 5.41) is 3.24. The lowest BCUT2D eigenvalue weighted by molar-refractivity contribution is 0.102. The lowest BCUT2D eigenvalue weighted by Crippen LogP contribution is -2.23. The second-order valence-corrected chi connectivity index (χ2v) is 9.31. The number of halogens is 1. The lowest BCUT2D eigenvalue weighted by Gasteiger charge is -2.15. The molecule has 0 unspecified atom stereocenters. The maximum atomic E-state index is 13.0. The van der Waals surface area contributed by atoms with Crippen LogP contribution in [0.2, 0.25) is 5.02 Å². The monoisotopic (exact) mass is 444 g/mol. The highest BCUT2D eigenvalue weighted by Gasteiger charge is 2.21. The van der Waals surface area contributed by atoms with Crippen LogP contribution in [0.1, 0.15) is 15.9 Å². The summed E-state index contributed by atoms with van der Waals surface area (Å²) in [6, 6.07) is 18.4. The molecule has 0 saturated heterocycles. The highest BCUT2D eigenvalue weighted by atomic mass is 35.5. The topological polar surface area (TPSA) is 75.7 Å². The molecule has 0 radical (unpaired) electrons. The Morgan fingerprint density at radius 2 is 1.60 bits per heavy atom. The average molecular weight is 445 g/mol. The molecule has 0 aliphatic heterocycles. The molecule has 0 heterocycles. The van der Waals surface area contributed by atoms with Gasteiger partial charge in [-0.2, -0.15) is 0 Å². The number of sulfonamides is 1. The second-order valence-electron chi connectivity index (χ2n) is 6.75. The van der Waals surface area contributed by atoms with E-state index in [9.17, 15) is 13.2 Å². The molecule has 1 N–H and O–H groups in total. The van der Waals surface area contributed by atoms with E-state index >= 15 is 0 Å². The molecule has 1 amide bonds. The fraction of sp³-hybridized carbons (Fsp3) is 0.136. The second kappa shape index (κ2) is 8.87. The molecule has 3 aromatic rings. The fourth-order valence-corrected chi connectivity index (χ4v) is 3.81. The molecule has 0 saturated carbocycles. The number of para-hydroxylation sites is 3. The normalized spacial score (nSPS) is 11.4. The van der Waals surface area contributed by atoms with Crippen molar-refractivity contribution in [1.29, 1.82) is 0 Å². The Hall–Kier alpha value is -2.87. The molecule has 0 aliphatic carbocycles. The number of aryl methyl sites for hydroxylation is 1. The number of amides is 1. The van der Waals surface area contributed by atoms with Crippen LogP contribution in [0.5, 0.6) is 11.5 Å². The zero-order chi connectivity index (χ0) is 21.9. The van der Waals surface area contributed by atoms with Crippen molar-refractivity contribution in [2.45, 2.75) is 11.8 Å². The van der Waals surface area contributed by atoms with E-state index < -0.39 is 15.9 Å². The number of hydrogen-bond donors (Lipinski definition) is 1. The van der Waals surface area contributed by atoms with Gasteiger partial charge >= 0.3 is 0 Å². The summed E-state index contributed by atoms with van der Waals surface area (Å²) >= 11 is 6.16. The van der Waals surface area contributed by atoms with Crippen molar-refractivity contribution < 1.29 is 17.9 Å². The summed E-state index contributed by atoms with van der Waals surface area (Å²) < 4.78 is 31.8. The molecule has 0 atom stereocenters. The van der Waals surface area contributed by atoms with Gasteiger partial charge in [-0.15, -0.1) is 0 Å². The molecule has 0 spiro atoms. The van der Waals surface area contributed by atoms with Crippen molar-refractivity contribution in [2.75, 3.05) is 19.4 Å². The minimum atomic E-state index is -3.66. The van der Waals surface area contributed by atoms with Crippen LogP contribution in [0.25, 0.3) is 0 Å². The Labute approximate surface area is 181 Å². The zero-order valence-electron chi connectivity index (χ0n) is 16.7. The van der Waals surface area contributed by atoms with Gasteiger partial charge in [0.05, 0.1) is 15.6 Å². The van der Waals surface area contributed by atoms with Crippen molar-refractivity contribution in [1.82, 2.24) is 4.31 Å². The van der Waals surface area contributed by atoms with Gasteiger partial charge in [-0.1, -0.05) is 41.9 Å². The van der Waals surface area contributed by atoms with E-state index in [1.807, 2.05) is 0 Å². The predicted octanol–water partition coefficient (Wildman–Crippen LogP) is 4.94. The van der Waals surface area contributed by atoms with Gasteiger partial charge in [0, 0.05) is 19.7 Å². The molecular weight excluding hydrogens is 424 g/mol. The van der Waals surface area contributed by atoms with Crippen LogP contribution in [0.3, 0.4) is 0 Å². The van der Waals surface area contributed by atoms with Crippen LogP contribution in [-0.4, -0.2) is 32.7 Å². The van der Waals surface area contributed by atoms with Crippen LogP contribution in [0.15, 0.2) is 71.6 Å². The molecule has 156 valence electrons. The van der Waals surface area contributed by atoms with Gasteiger partial charge in [0.1, 0.15) is 5.75 Å². The van der Waals surface area contributed by atoms with Gasteiger partial charge in [0.2, 0.25) is 10.0 Å². The SMILES string of the molecule is Cc1ccc(S(=O)(=O)N(C)C)cc1C(=O)Nc1ccccc1Oc1ccccc1Cl. The predicted molar refractivity (Wildman–Crippen MR) is 118 cm³/mol. The molecule has 3 rings (SSSR count). The number of nitrogens with one attached hydrogen (secondary N) is 1. The Morgan fingerprint density at radius 3 is 2.27 bits per heavy atom. The summed E-state index contributed by atoms with van der Waals surface area (Å²) in [5.74, 6) is 0.420. The quantitative estimate of drug-likeness (QED) is 0.584. The van der Waals surface area contributed by atoms with E-state index in [0.29, 0.717) is 27.8 Å². The Morgan fingerprint density at radius 1 is 0.967 bits per heavy atom. The zero-order valence-corrected chi connectivity index (χ0v) is 18.3. The molecular formula is C22H21ClN2O4S. The fourth-order valence-electron chi connectivity index (χ4n) is 2.71. The Balaban J connectivity index is 1.92. The number of carbonyl (C=O) groups excluding carboxylic acids is 1. The minimum absolute atomic E-state index is 0.0452.